The SMILES string of the molecule is C#C.CC1CCNC1. The van der Waals surface area contributed by atoms with Crippen molar-refractivity contribution in [3.05, 3.63) is 0 Å². The summed E-state index contributed by atoms with van der Waals surface area (Å²) in [7, 11) is 0. The Kier molecular flexibility index (Phi) is 4.39. The molecule has 1 fully saturated rings. The highest BCUT2D eigenvalue weighted by molar-refractivity contribution is 4.65. The van der Waals surface area contributed by atoms with Gasteiger partial charge in [-0.25, -0.2) is 0 Å². The van der Waals surface area contributed by atoms with Gasteiger partial charge in [0.15, 0.2) is 0 Å². The molecule has 0 aliphatic carbocycles. The van der Waals surface area contributed by atoms with Crippen LogP contribution < -0.4 is 5.32 Å². The average molecular weight is 111 g/mol. The summed E-state index contributed by atoms with van der Waals surface area (Å²) < 4.78 is 0. The molecule has 1 saturated heterocycles. The highest BCUT2D eigenvalue weighted by Crippen LogP contribution is 2.03. The van der Waals surface area contributed by atoms with E-state index in [1.807, 2.05) is 0 Å². The van der Waals surface area contributed by atoms with Crippen molar-refractivity contribution in [2.45, 2.75) is 13.3 Å². The quantitative estimate of drug-likeness (QED) is 0.457. The fraction of sp³-hybridized carbons (Fsp3) is 0.714. The van der Waals surface area contributed by atoms with Crippen molar-refractivity contribution in [3.8, 4) is 12.8 Å². The lowest BCUT2D eigenvalue weighted by Gasteiger charge is -1.90. The summed E-state index contributed by atoms with van der Waals surface area (Å²) in [4.78, 5) is 0. The summed E-state index contributed by atoms with van der Waals surface area (Å²) in [6.45, 7) is 4.75. The largest absolute Gasteiger partial charge is 0.316 e. The Morgan fingerprint density at radius 3 is 2.25 bits per heavy atom. The van der Waals surface area contributed by atoms with E-state index in [4.69, 9.17) is 0 Å². The van der Waals surface area contributed by atoms with Gasteiger partial charge in [-0.15, -0.1) is 12.8 Å². The minimum Gasteiger partial charge on any atom is -0.316 e. The normalized spacial score (nSPS) is 26.1. The Morgan fingerprint density at radius 1 is 1.50 bits per heavy atom. The number of terminal acetylenes is 1. The predicted molar refractivity (Wildman–Crippen MR) is 36.5 cm³/mol. The third-order valence-corrected chi connectivity index (χ3v) is 1.31. The Balaban J connectivity index is 0.000000222. The van der Waals surface area contributed by atoms with E-state index in [9.17, 15) is 0 Å². The van der Waals surface area contributed by atoms with Gasteiger partial charge in [-0.3, -0.25) is 0 Å². The van der Waals surface area contributed by atoms with Crippen molar-refractivity contribution in [2.24, 2.45) is 5.92 Å². The van der Waals surface area contributed by atoms with Crippen LogP contribution in [0.25, 0.3) is 0 Å². The molecule has 1 heteroatoms. The van der Waals surface area contributed by atoms with Crippen LogP contribution in [-0.4, -0.2) is 13.1 Å². The second-order valence-electron chi connectivity index (χ2n) is 2.10. The van der Waals surface area contributed by atoms with Crippen LogP contribution in [0.15, 0.2) is 0 Å². The summed E-state index contributed by atoms with van der Waals surface area (Å²) in [5.41, 5.74) is 0. The van der Waals surface area contributed by atoms with E-state index in [-0.39, 0.29) is 0 Å². The minimum atomic E-state index is 0.935. The van der Waals surface area contributed by atoms with Gasteiger partial charge in [-0.1, -0.05) is 6.92 Å². The molecular weight excluding hydrogens is 98.1 g/mol. The molecule has 0 spiro atoms. The second-order valence-corrected chi connectivity index (χ2v) is 2.10. The first-order valence-corrected chi connectivity index (χ1v) is 2.93. The van der Waals surface area contributed by atoms with E-state index in [1.165, 1.54) is 19.5 Å². The van der Waals surface area contributed by atoms with E-state index in [0.29, 0.717) is 0 Å². The Hall–Kier alpha value is -0.480. The van der Waals surface area contributed by atoms with Gasteiger partial charge >= 0.3 is 0 Å². The van der Waals surface area contributed by atoms with Gasteiger partial charge in [-0.05, 0) is 25.4 Å². The first-order chi connectivity index (χ1) is 3.89. The Bertz CT molecular complexity index is 60.0. The van der Waals surface area contributed by atoms with Crippen LogP contribution in [0.1, 0.15) is 13.3 Å². The van der Waals surface area contributed by atoms with Crippen LogP contribution in [0.4, 0.5) is 0 Å². The van der Waals surface area contributed by atoms with Gasteiger partial charge < -0.3 is 5.32 Å². The first-order valence-electron chi connectivity index (χ1n) is 2.93. The summed E-state index contributed by atoms with van der Waals surface area (Å²) in [5.74, 6) is 0.935. The molecule has 1 N–H and O–H groups in total. The molecule has 8 heavy (non-hydrogen) atoms. The van der Waals surface area contributed by atoms with E-state index in [0.717, 1.165) is 5.92 Å². The maximum absolute atomic E-state index is 4.00. The van der Waals surface area contributed by atoms with Gasteiger partial charge in [0.1, 0.15) is 0 Å². The number of hydrogen-bond acceptors (Lipinski definition) is 1. The maximum atomic E-state index is 4.00. The van der Waals surface area contributed by atoms with Crippen molar-refractivity contribution in [2.75, 3.05) is 13.1 Å². The van der Waals surface area contributed by atoms with Crippen molar-refractivity contribution >= 4 is 0 Å². The van der Waals surface area contributed by atoms with Crippen molar-refractivity contribution < 1.29 is 0 Å². The monoisotopic (exact) mass is 111 g/mol. The van der Waals surface area contributed by atoms with E-state index in [2.05, 4.69) is 25.1 Å². The van der Waals surface area contributed by atoms with Crippen LogP contribution in [0.5, 0.6) is 0 Å². The van der Waals surface area contributed by atoms with E-state index < -0.39 is 0 Å². The lowest BCUT2D eigenvalue weighted by atomic mass is 10.2. The molecule has 0 aromatic heterocycles. The molecule has 1 nitrogen and oxygen atoms in total. The average Bonchev–Trinajstić information content (AvgIpc) is 2.24. The van der Waals surface area contributed by atoms with Crippen molar-refractivity contribution in [1.29, 1.82) is 0 Å². The zero-order valence-corrected chi connectivity index (χ0v) is 5.35. The zero-order chi connectivity index (χ0) is 6.41. The molecular formula is C7H13N. The third-order valence-electron chi connectivity index (χ3n) is 1.31. The van der Waals surface area contributed by atoms with Crippen LogP contribution in [0.3, 0.4) is 0 Å². The Labute approximate surface area is 51.5 Å². The van der Waals surface area contributed by atoms with E-state index >= 15 is 0 Å². The molecule has 1 heterocycles. The third kappa shape index (κ3) is 2.65. The molecule has 0 aromatic carbocycles. The fourth-order valence-corrected chi connectivity index (χ4v) is 0.799. The van der Waals surface area contributed by atoms with Gasteiger partial charge in [0.25, 0.3) is 0 Å². The predicted octanol–water partition coefficient (Wildman–Crippen LogP) is 0.865. The van der Waals surface area contributed by atoms with Gasteiger partial charge in [-0.2, -0.15) is 0 Å². The summed E-state index contributed by atoms with van der Waals surface area (Å²) in [6.07, 6.45) is 9.38. The second kappa shape index (κ2) is 4.67. The van der Waals surface area contributed by atoms with Crippen LogP contribution in [-0.2, 0) is 0 Å². The van der Waals surface area contributed by atoms with Crippen LogP contribution in [0, 0.1) is 18.8 Å². The van der Waals surface area contributed by atoms with Crippen molar-refractivity contribution in [1.82, 2.24) is 5.32 Å². The van der Waals surface area contributed by atoms with Crippen LogP contribution in [0.2, 0.25) is 0 Å². The highest BCUT2D eigenvalue weighted by Gasteiger charge is 2.06. The maximum Gasteiger partial charge on any atom is -0.00227 e. The number of nitrogens with one attached hydrogen (secondary N) is 1. The van der Waals surface area contributed by atoms with Crippen LogP contribution >= 0.6 is 0 Å². The summed E-state index contributed by atoms with van der Waals surface area (Å²) >= 11 is 0. The molecule has 1 atom stereocenters. The Morgan fingerprint density at radius 2 is 2.12 bits per heavy atom. The first kappa shape index (κ1) is 7.52. The number of rotatable bonds is 0. The molecule has 0 amide bonds. The van der Waals surface area contributed by atoms with Gasteiger partial charge in [0, 0.05) is 0 Å². The molecule has 1 rings (SSSR count). The standard InChI is InChI=1S/C5H11N.C2H2/c1-5-2-3-6-4-5;1-2/h5-6H,2-4H2,1H3;1-2H. The molecule has 0 radical (unpaired) electrons. The molecule has 1 aliphatic rings. The smallest absolute Gasteiger partial charge is 0.00227 e. The summed E-state index contributed by atoms with van der Waals surface area (Å²) in [6, 6.07) is 0. The topological polar surface area (TPSA) is 12.0 Å². The van der Waals surface area contributed by atoms with Gasteiger partial charge in [0.05, 0.1) is 0 Å². The zero-order valence-electron chi connectivity index (χ0n) is 5.35. The minimum absolute atomic E-state index is 0.935. The summed E-state index contributed by atoms with van der Waals surface area (Å²) in [5, 5.41) is 3.27. The number of hydrogen-bond donors (Lipinski definition) is 1. The molecule has 0 bridgehead atoms. The molecule has 0 aromatic rings. The van der Waals surface area contributed by atoms with Crippen molar-refractivity contribution in [3.63, 3.8) is 0 Å². The lowest BCUT2D eigenvalue weighted by molar-refractivity contribution is 0.651. The van der Waals surface area contributed by atoms with Gasteiger partial charge in [0.2, 0.25) is 0 Å². The molecule has 0 saturated carbocycles. The fourth-order valence-electron chi connectivity index (χ4n) is 0.799. The highest BCUT2D eigenvalue weighted by atomic mass is 14.9. The molecule has 1 aliphatic heterocycles. The molecule has 46 valence electrons. The lowest BCUT2D eigenvalue weighted by Crippen LogP contribution is -2.06. The molecule has 1 unspecified atom stereocenters. The van der Waals surface area contributed by atoms with E-state index in [1.54, 1.807) is 0 Å².